The summed E-state index contributed by atoms with van der Waals surface area (Å²) in [7, 11) is 0. The number of nitrogens with zero attached hydrogens (tertiary/aromatic N) is 1. The highest BCUT2D eigenvalue weighted by molar-refractivity contribution is 6.31. The number of carbonyl (C=O) groups excluding carboxylic acids is 1. The largest absolute Gasteiger partial charge is 0.444 e. The van der Waals surface area contributed by atoms with E-state index in [4.69, 9.17) is 27.3 Å². The fourth-order valence-electron chi connectivity index (χ4n) is 0.956. The number of hydrogen-bond donors (Lipinski definition) is 1. The number of rotatable bonds is 2. The zero-order valence-electron chi connectivity index (χ0n) is 8.03. The van der Waals surface area contributed by atoms with Crippen LogP contribution in [0.15, 0.2) is 18.2 Å². The Kier molecular flexibility index (Phi) is 3.53. The van der Waals surface area contributed by atoms with Crippen LogP contribution in [0.4, 0.5) is 5.69 Å². The van der Waals surface area contributed by atoms with Gasteiger partial charge in [-0.25, -0.2) is 4.79 Å². The number of ether oxygens (including phenoxy) is 1. The molecule has 1 unspecified atom stereocenters. The summed E-state index contributed by atoms with van der Waals surface area (Å²) < 4.78 is 4.78. The summed E-state index contributed by atoms with van der Waals surface area (Å²) in [5.74, 6) is -0.649. The van der Waals surface area contributed by atoms with Crippen LogP contribution in [0.5, 0.6) is 0 Å². The van der Waals surface area contributed by atoms with E-state index in [9.17, 15) is 4.79 Å². The predicted molar refractivity (Wildman–Crippen MR) is 56.4 cm³/mol. The second kappa shape index (κ2) is 4.67. The summed E-state index contributed by atoms with van der Waals surface area (Å²) in [5, 5.41) is 8.86. The molecule has 1 aromatic rings. The van der Waals surface area contributed by atoms with Crippen LogP contribution in [0, 0.1) is 11.3 Å². The number of nitriles is 1. The van der Waals surface area contributed by atoms with Crippen molar-refractivity contribution in [3.05, 3.63) is 28.8 Å². The Morgan fingerprint density at radius 1 is 1.67 bits per heavy atom. The summed E-state index contributed by atoms with van der Waals surface area (Å²) in [5.41, 5.74) is 6.01. The lowest BCUT2D eigenvalue weighted by Crippen LogP contribution is -2.14. The first-order chi connectivity index (χ1) is 7.04. The standard InChI is InChI=1S/C10H9ClN2O2/c1-6(5-12)15-10(14)8-4-7(11)2-3-9(8)13/h2-4,6H,13H2,1H3. The molecule has 15 heavy (non-hydrogen) atoms. The van der Waals surface area contributed by atoms with Gasteiger partial charge in [0.2, 0.25) is 0 Å². The van der Waals surface area contributed by atoms with E-state index in [0.717, 1.165) is 0 Å². The van der Waals surface area contributed by atoms with Gasteiger partial charge in [-0.3, -0.25) is 0 Å². The van der Waals surface area contributed by atoms with Gasteiger partial charge >= 0.3 is 5.97 Å². The molecule has 2 N–H and O–H groups in total. The highest BCUT2D eigenvalue weighted by atomic mass is 35.5. The van der Waals surface area contributed by atoms with Crippen LogP contribution >= 0.6 is 11.6 Å². The molecule has 0 amide bonds. The number of halogens is 1. The topological polar surface area (TPSA) is 76.1 Å². The average molecular weight is 225 g/mol. The molecular weight excluding hydrogens is 216 g/mol. The lowest BCUT2D eigenvalue weighted by atomic mass is 10.2. The minimum Gasteiger partial charge on any atom is -0.444 e. The second-order valence-electron chi connectivity index (χ2n) is 2.91. The number of benzene rings is 1. The maximum Gasteiger partial charge on any atom is 0.341 e. The average Bonchev–Trinajstić information content (AvgIpc) is 2.21. The quantitative estimate of drug-likeness (QED) is 0.616. The van der Waals surface area contributed by atoms with Gasteiger partial charge in [0.05, 0.1) is 5.56 Å². The second-order valence-corrected chi connectivity index (χ2v) is 3.34. The molecule has 0 fully saturated rings. The minimum absolute atomic E-state index is 0.171. The van der Waals surface area contributed by atoms with Crippen LogP contribution in [0.25, 0.3) is 0 Å². The normalized spacial score (nSPS) is 11.5. The Hall–Kier alpha value is -1.73. The molecule has 78 valence electrons. The Balaban J connectivity index is 2.92. The van der Waals surface area contributed by atoms with Crippen molar-refractivity contribution in [1.29, 1.82) is 5.26 Å². The van der Waals surface area contributed by atoms with Crippen molar-refractivity contribution >= 4 is 23.3 Å². The SMILES string of the molecule is CC(C#N)OC(=O)c1cc(Cl)ccc1N. The fourth-order valence-corrected chi connectivity index (χ4v) is 1.13. The first-order valence-corrected chi connectivity index (χ1v) is 4.58. The molecule has 0 aliphatic heterocycles. The van der Waals surface area contributed by atoms with E-state index in [-0.39, 0.29) is 11.3 Å². The van der Waals surface area contributed by atoms with E-state index < -0.39 is 12.1 Å². The molecule has 1 aromatic carbocycles. The van der Waals surface area contributed by atoms with Crippen LogP contribution in [-0.4, -0.2) is 12.1 Å². The van der Waals surface area contributed by atoms with Gasteiger partial charge in [-0.2, -0.15) is 5.26 Å². The van der Waals surface area contributed by atoms with Crippen LogP contribution in [0.1, 0.15) is 17.3 Å². The molecule has 5 heteroatoms. The lowest BCUT2D eigenvalue weighted by molar-refractivity contribution is 0.0437. The van der Waals surface area contributed by atoms with E-state index in [1.54, 1.807) is 12.1 Å². The van der Waals surface area contributed by atoms with Crippen molar-refractivity contribution in [1.82, 2.24) is 0 Å². The van der Waals surface area contributed by atoms with Crippen molar-refractivity contribution in [3.8, 4) is 6.07 Å². The molecule has 0 aromatic heterocycles. The van der Waals surface area contributed by atoms with E-state index in [1.165, 1.54) is 19.1 Å². The van der Waals surface area contributed by atoms with Crippen LogP contribution in [-0.2, 0) is 4.74 Å². The van der Waals surface area contributed by atoms with Crippen LogP contribution < -0.4 is 5.73 Å². The minimum atomic E-state index is -0.809. The van der Waals surface area contributed by atoms with Gasteiger partial charge in [-0.05, 0) is 25.1 Å². The summed E-state index contributed by atoms with van der Waals surface area (Å²) in [6.45, 7) is 1.47. The third-order valence-electron chi connectivity index (χ3n) is 1.70. The van der Waals surface area contributed by atoms with Gasteiger partial charge in [-0.1, -0.05) is 11.6 Å². The molecule has 0 spiro atoms. The number of carbonyl (C=O) groups is 1. The number of nitrogens with two attached hydrogens (primary N) is 1. The molecule has 0 saturated heterocycles. The van der Waals surface area contributed by atoms with Gasteiger partial charge in [0.25, 0.3) is 0 Å². The van der Waals surface area contributed by atoms with Crippen molar-refractivity contribution in [2.45, 2.75) is 13.0 Å². The van der Waals surface area contributed by atoms with Crippen molar-refractivity contribution in [2.75, 3.05) is 5.73 Å². The molecular formula is C10H9ClN2O2. The maximum absolute atomic E-state index is 11.5. The zero-order valence-corrected chi connectivity index (χ0v) is 8.78. The Bertz CT molecular complexity index is 426. The molecule has 1 rings (SSSR count). The van der Waals surface area contributed by atoms with E-state index in [0.29, 0.717) is 5.02 Å². The van der Waals surface area contributed by atoms with Gasteiger partial charge in [0.15, 0.2) is 6.10 Å². The first-order valence-electron chi connectivity index (χ1n) is 4.20. The molecule has 0 bridgehead atoms. The number of nitrogen functional groups attached to an aromatic ring is 1. The van der Waals surface area contributed by atoms with Gasteiger partial charge < -0.3 is 10.5 Å². The highest BCUT2D eigenvalue weighted by Crippen LogP contribution is 2.19. The molecule has 0 radical (unpaired) electrons. The van der Waals surface area contributed by atoms with Crippen LogP contribution in [0.2, 0.25) is 5.02 Å². The zero-order chi connectivity index (χ0) is 11.4. The Labute approximate surface area is 92.2 Å². The summed E-state index contributed by atoms with van der Waals surface area (Å²) in [6, 6.07) is 6.27. The summed E-state index contributed by atoms with van der Waals surface area (Å²) >= 11 is 5.70. The van der Waals surface area contributed by atoms with Gasteiger partial charge in [0, 0.05) is 10.7 Å². The van der Waals surface area contributed by atoms with E-state index >= 15 is 0 Å². The summed E-state index contributed by atoms with van der Waals surface area (Å²) in [4.78, 5) is 11.5. The van der Waals surface area contributed by atoms with Gasteiger partial charge in [0.1, 0.15) is 6.07 Å². The van der Waals surface area contributed by atoms with Crippen molar-refractivity contribution in [2.24, 2.45) is 0 Å². The number of anilines is 1. The first kappa shape index (κ1) is 11.3. The smallest absolute Gasteiger partial charge is 0.341 e. The predicted octanol–water partition coefficient (Wildman–Crippen LogP) is 1.99. The third-order valence-corrected chi connectivity index (χ3v) is 1.94. The number of esters is 1. The van der Waals surface area contributed by atoms with Crippen molar-refractivity contribution < 1.29 is 9.53 Å². The molecule has 0 saturated carbocycles. The summed E-state index contributed by atoms with van der Waals surface area (Å²) in [6.07, 6.45) is -0.809. The molecule has 1 atom stereocenters. The lowest BCUT2D eigenvalue weighted by Gasteiger charge is -2.08. The molecule has 0 aliphatic rings. The Morgan fingerprint density at radius 2 is 2.33 bits per heavy atom. The van der Waals surface area contributed by atoms with E-state index in [2.05, 4.69) is 0 Å². The van der Waals surface area contributed by atoms with Crippen molar-refractivity contribution in [3.63, 3.8) is 0 Å². The van der Waals surface area contributed by atoms with Gasteiger partial charge in [-0.15, -0.1) is 0 Å². The third kappa shape index (κ3) is 2.86. The molecule has 4 nitrogen and oxygen atoms in total. The Morgan fingerprint density at radius 3 is 2.93 bits per heavy atom. The fraction of sp³-hybridized carbons (Fsp3) is 0.200. The molecule has 0 aliphatic carbocycles. The van der Waals surface area contributed by atoms with Crippen LogP contribution in [0.3, 0.4) is 0 Å². The number of hydrogen-bond acceptors (Lipinski definition) is 4. The maximum atomic E-state index is 11.5. The monoisotopic (exact) mass is 224 g/mol. The molecule has 0 heterocycles. The highest BCUT2D eigenvalue weighted by Gasteiger charge is 2.14. The van der Waals surface area contributed by atoms with E-state index in [1.807, 2.05) is 0 Å².